The minimum absolute atomic E-state index is 0.0254. The lowest BCUT2D eigenvalue weighted by Crippen LogP contribution is -2.40. The van der Waals surface area contributed by atoms with Crippen molar-refractivity contribution in [2.75, 3.05) is 0 Å². The average Bonchev–Trinajstić information content (AvgIpc) is 2.64. The number of carboxylic acids is 1. The van der Waals surface area contributed by atoms with Gasteiger partial charge in [0.25, 0.3) is 10.0 Å². The predicted octanol–water partition coefficient (Wildman–Crippen LogP) is 1.82. The van der Waals surface area contributed by atoms with Crippen molar-refractivity contribution in [2.45, 2.75) is 16.7 Å². The zero-order valence-corrected chi connectivity index (χ0v) is 11.8. The Bertz CT molecular complexity index is 523. The van der Waals surface area contributed by atoms with E-state index in [0.29, 0.717) is 4.47 Å². The molecule has 1 rings (SSSR count). The third-order valence-electron chi connectivity index (χ3n) is 1.83. The maximum Gasteiger partial charge on any atom is 0.322 e. The molecule has 0 bridgehead atoms. The summed E-state index contributed by atoms with van der Waals surface area (Å²) in [5, 5.41) is 10.5. The van der Waals surface area contributed by atoms with Gasteiger partial charge in [0.2, 0.25) is 0 Å². The fourth-order valence-electron chi connectivity index (χ4n) is 1.08. The van der Waals surface area contributed by atoms with E-state index in [1.54, 1.807) is 11.4 Å². The number of rotatable bonds is 6. The Morgan fingerprint density at radius 2 is 2.35 bits per heavy atom. The predicted molar refractivity (Wildman–Crippen MR) is 68.6 cm³/mol. The third-order valence-corrected chi connectivity index (χ3v) is 5.97. The van der Waals surface area contributed by atoms with Gasteiger partial charge in [0.05, 0.1) is 0 Å². The summed E-state index contributed by atoms with van der Waals surface area (Å²) in [6.07, 6.45) is 1.38. The Morgan fingerprint density at radius 1 is 1.71 bits per heavy atom. The number of halogens is 1. The molecule has 2 N–H and O–H groups in total. The van der Waals surface area contributed by atoms with Gasteiger partial charge < -0.3 is 5.11 Å². The fraction of sp³-hybridized carbons (Fsp3) is 0.222. The van der Waals surface area contributed by atoms with Crippen LogP contribution in [-0.2, 0) is 14.8 Å². The number of aliphatic carboxylic acids is 1. The van der Waals surface area contributed by atoms with E-state index in [9.17, 15) is 13.2 Å². The van der Waals surface area contributed by atoms with Crippen LogP contribution in [0.2, 0.25) is 0 Å². The van der Waals surface area contributed by atoms with Crippen molar-refractivity contribution >= 4 is 43.3 Å². The monoisotopic (exact) mass is 339 g/mol. The van der Waals surface area contributed by atoms with E-state index >= 15 is 0 Å². The molecule has 1 unspecified atom stereocenters. The lowest BCUT2D eigenvalue weighted by Gasteiger charge is -2.12. The van der Waals surface area contributed by atoms with Gasteiger partial charge in [-0.2, -0.15) is 4.72 Å². The zero-order valence-electron chi connectivity index (χ0n) is 8.59. The number of nitrogens with one attached hydrogen (secondary N) is 1. The Hall–Kier alpha value is -0.700. The highest BCUT2D eigenvalue weighted by Gasteiger charge is 2.26. The summed E-state index contributed by atoms with van der Waals surface area (Å²) in [6.45, 7) is 3.39. The van der Waals surface area contributed by atoms with Gasteiger partial charge in [-0.25, -0.2) is 8.42 Å². The summed E-state index contributed by atoms with van der Waals surface area (Å²) >= 11 is 4.10. The molecule has 1 heterocycles. The highest BCUT2D eigenvalue weighted by atomic mass is 79.9. The SMILES string of the molecule is C=CCC(NS(=O)(=O)c1sccc1Br)C(=O)O. The van der Waals surface area contributed by atoms with Gasteiger partial charge in [-0.15, -0.1) is 17.9 Å². The van der Waals surface area contributed by atoms with Gasteiger partial charge in [0, 0.05) is 4.47 Å². The van der Waals surface area contributed by atoms with Crippen molar-refractivity contribution in [1.29, 1.82) is 0 Å². The number of thiophene rings is 1. The summed E-state index contributed by atoms with van der Waals surface area (Å²) < 4.78 is 26.3. The number of carboxylic acid groups (broad SMARTS) is 1. The third kappa shape index (κ3) is 3.63. The van der Waals surface area contributed by atoms with Crippen LogP contribution in [0.3, 0.4) is 0 Å². The number of hydrogen-bond acceptors (Lipinski definition) is 4. The summed E-state index contributed by atoms with van der Waals surface area (Å²) in [4.78, 5) is 10.8. The second-order valence-corrected chi connectivity index (χ2v) is 6.77. The van der Waals surface area contributed by atoms with Crippen LogP contribution in [0.15, 0.2) is 32.8 Å². The molecule has 94 valence electrons. The summed E-state index contributed by atoms with van der Waals surface area (Å²) in [5.74, 6) is -1.24. The Balaban J connectivity index is 2.97. The minimum Gasteiger partial charge on any atom is -0.480 e. The Labute approximate surface area is 111 Å². The van der Waals surface area contributed by atoms with Crippen molar-refractivity contribution in [3.63, 3.8) is 0 Å². The van der Waals surface area contributed by atoms with Crippen LogP contribution in [0.1, 0.15) is 6.42 Å². The van der Waals surface area contributed by atoms with Crippen LogP contribution in [0, 0.1) is 0 Å². The molecule has 0 aliphatic rings. The zero-order chi connectivity index (χ0) is 13.1. The van der Waals surface area contributed by atoms with E-state index in [-0.39, 0.29) is 10.6 Å². The molecule has 0 amide bonds. The molecule has 0 saturated heterocycles. The second kappa shape index (κ2) is 5.76. The van der Waals surface area contributed by atoms with Gasteiger partial charge in [-0.3, -0.25) is 4.79 Å². The quantitative estimate of drug-likeness (QED) is 0.774. The second-order valence-electron chi connectivity index (χ2n) is 3.09. The summed E-state index contributed by atoms with van der Waals surface area (Å²) in [7, 11) is -3.82. The van der Waals surface area contributed by atoms with Crippen LogP contribution < -0.4 is 4.72 Å². The van der Waals surface area contributed by atoms with Crippen molar-refractivity contribution in [3.8, 4) is 0 Å². The minimum atomic E-state index is -3.82. The van der Waals surface area contributed by atoms with E-state index in [4.69, 9.17) is 5.11 Å². The van der Waals surface area contributed by atoms with Crippen LogP contribution in [0.25, 0.3) is 0 Å². The first kappa shape index (κ1) is 14.4. The van der Waals surface area contributed by atoms with E-state index in [1.807, 2.05) is 0 Å². The largest absolute Gasteiger partial charge is 0.480 e. The molecule has 0 aromatic carbocycles. The molecule has 0 aliphatic heterocycles. The van der Waals surface area contributed by atoms with Gasteiger partial charge in [0.15, 0.2) is 0 Å². The Kier molecular flexibility index (Phi) is 4.87. The number of hydrogen-bond donors (Lipinski definition) is 2. The number of carbonyl (C=O) groups is 1. The lowest BCUT2D eigenvalue weighted by molar-refractivity contribution is -0.138. The highest BCUT2D eigenvalue weighted by molar-refractivity contribution is 9.10. The molecule has 0 fully saturated rings. The van der Waals surface area contributed by atoms with Gasteiger partial charge in [-0.05, 0) is 33.8 Å². The van der Waals surface area contributed by atoms with Gasteiger partial charge in [-0.1, -0.05) is 6.08 Å². The molecule has 0 spiro atoms. The summed E-state index contributed by atoms with van der Waals surface area (Å²) in [6, 6.07) is 0.384. The van der Waals surface area contributed by atoms with E-state index < -0.39 is 22.0 Å². The van der Waals surface area contributed by atoms with Crippen molar-refractivity contribution in [3.05, 3.63) is 28.6 Å². The topological polar surface area (TPSA) is 83.5 Å². The van der Waals surface area contributed by atoms with Gasteiger partial charge >= 0.3 is 5.97 Å². The molecule has 8 heteroatoms. The molecule has 1 aromatic heterocycles. The highest BCUT2D eigenvalue weighted by Crippen LogP contribution is 2.27. The van der Waals surface area contributed by atoms with Crippen molar-refractivity contribution in [2.24, 2.45) is 0 Å². The average molecular weight is 340 g/mol. The van der Waals surface area contributed by atoms with Crippen molar-refractivity contribution < 1.29 is 18.3 Å². The van der Waals surface area contributed by atoms with E-state index in [0.717, 1.165) is 11.3 Å². The standard InChI is InChI=1S/C9H10BrNO4S2/c1-2-3-7(8(12)13)11-17(14,15)9-6(10)4-5-16-9/h2,4-5,7,11H,1,3H2,(H,12,13). The molecule has 0 aliphatic carbocycles. The van der Waals surface area contributed by atoms with Crippen LogP contribution in [0.4, 0.5) is 0 Å². The normalized spacial score (nSPS) is 13.2. The van der Waals surface area contributed by atoms with E-state index in [1.165, 1.54) is 6.08 Å². The molecule has 0 saturated carbocycles. The Morgan fingerprint density at radius 3 is 2.76 bits per heavy atom. The van der Waals surface area contributed by atoms with Crippen LogP contribution in [0.5, 0.6) is 0 Å². The maximum atomic E-state index is 11.9. The summed E-state index contributed by atoms with van der Waals surface area (Å²) in [5.41, 5.74) is 0. The molecular weight excluding hydrogens is 330 g/mol. The number of sulfonamides is 1. The van der Waals surface area contributed by atoms with E-state index in [2.05, 4.69) is 27.2 Å². The fourth-order valence-corrected chi connectivity index (χ4v) is 4.63. The molecular formula is C9H10BrNO4S2. The van der Waals surface area contributed by atoms with Gasteiger partial charge in [0.1, 0.15) is 10.3 Å². The van der Waals surface area contributed by atoms with Crippen molar-refractivity contribution in [1.82, 2.24) is 4.72 Å². The molecule has 5 nitrogen and oxygen atoms in total. The maximum absolute atomic E-state index is 11.9. The smallest absolute Gasteiger partial charge is 0.322 e. The van der Waals surface area contributed by atoms with Crippen LogP contribution >= 0.6 is 27.3 Å². The molecule has 17 heavy (non-hydrogen) atoms. The molecule has 0 radical (unpaired) electrons. The molecule has 1 aromatic rings. The molecule has 1 atom stereocenters. The lowest BCUT2D eigenvalue weighted by atomic mass is 10.2. The first-order chi connectivity index (χ1) is 7.88. The van der Waals surface area contributed by atoms with Crippen LogP contribution in [-0.4, -0.2) is 25.5 Å². The first-order valence-electron chi connectivity index (χ1n) is 4.47. The first-order valence-corrected chi connectivity index (χ1v) is 7.63.